The maximum Gasteiger partial charge on any atom is 0.123 e. The molecule has 34 heavy (non-hydrogen) atoms. The Bertz CT molecular complexity index is 1700. The van der Waals surface area contributed by atoms with Crippen LogP contribution in [0.5, 0.6) is 0 Å². The summed E-state index contributed by atoms with van der Waals surface area (Å²) in [6, 6.07) is 15.1. The van der Waals surface area contributed by atoms with E-state index in [-0.39, 0.29) is 5.82 Å². The van der Waals surface area contributed by atoms with E-state index in [2.05, 4.69) is 109 Å². The van der Waals surface area contributed by atoms with E-state index in [9.17, 15) is 4.39 Å². The maximum atomic E-state index is 13.7. The van der Waals surface area contributed by atoms with Crippen molar-refractivity contribution >= 4 is 124 Å². The number of hydrogen-bond donors (Lipinski definition) is 1. The summed E-state index contributed by atoms with van der Waals surface area (Å²) < 4.78 is 19.1. The van der Waals surface area contributed by atoms with Crippen molar-refractivity contribution in [3.05, 3.63) is 87.8 Å². The summed E-state index contributed by atoms with van der Waals surface area (Å²) >= 11 is 8.78. The highest BCUT2D eigenvalue weighted by Gasteiger charge is 2.15. The first kappa shape index (κ1) is 22.8. The number of halogens is 4. The molecule has 0 saturated carbocycles. The van der Waals surface area contributed by atoms with Crippen LogP contribution in [0, 0.1) is 16.5 Å². The molecule has 3 nitrogen and oxygen atoms in total. The van der Waals surface area contributed by atoms with Crippen molar-refractivity contribution in [1.82, 2.24) is 15.0 Å². The zero-order valence-electron chi connectivity index (χ0n) is 17.2. The number of benzene rings is 1. The number of H-pyrrole nitrogens is 1. The van der Waals surface area contributed by atoms with Crippen molar-refractivity contribution in [2.24, 2.45) is 0 Å². The molecule has 6 rings (SSSR count). The van der Waals surface area contributed by atoms with E-state index in [1.165, 1.54) is 12.1 Å². The van der Waals surface area contributed by atoms with Gasteiger partial charge in [0.25, 0.3) is 0 Å². The first-order valence-electron chi connectivity index (χ1n) is 10.3. The molecule has 166 valence electrons. The second-order valence-corrected chi connectivity index (χ2v) is 12.0. The smallest absolute Gasteiger partial charge is 0.123 e. The molecule has 2 aliphatic rings. The van der Waals surface area contributed by atoms with Crippen LogP contribution in [0.2, 0.25) is 0 Å². The second kappa shape index (κ2) is 9.10. The van der Waals surface area contributed by atoms with Crippen LogP contribution in [0.1, 0.15) is 22.8 Å². The summed E-state index contributed by atoms with van der Waals surface area (Å²) in [6.45, 7) is 0. The minimum absolute atomic E-state index is 0.251. The van der Waals surface area contributed by atoms with Crippen molar-refractivity contribution in [2.45, 2.75) is 0 Å². The molecule has 3 aromatic heterocycles. The first-order chi connectivity index (χ1) is 16.5. The van der Waals surface area contributed by atoms with Gasteiger partial charge in [-0.1, -0.05) is 12.1 Å². The number of aromatic nitrogens is 3. The molecule has 0 aliphatic carbocycles. The third kappa shape index (κ3) is 4.05. The standard InChI is InChI=1S/C26H13FI3N3S/c27-14-3-1-13(2-4-14)23-15-5-6-16(31-15)24(28)17-7-8-18(32-17)25(29)19-9-10-20(33-19)26(30)22-12-11-21(23)34-22/h1-12,32H. The number of hydrogen-bond acceptors (Lipinski definition) is 3. The predicted octanol–water partition coefficient (Wildman–Crippen LogP) is 9.01. The number of fused-ring (bicyclic) bond motifs is 8. The molecule has 0 amide bonds. The fourth-order valence-electron chi connectivity index (χ4n) is 3.91. The second-order valence-electron chi connectivity index (χ2n) is 7.70. The van der Waals surface area contributed by atoms with Crippen LogP contribution in [0.4, 0.5) is 4.39 Å². The van der Waals surface area contributed by atoms with Crippen LogP contribution in [0.3, 0.4) is 0 Å². The highest BCUT2D eigenvalue weighted by atomic mass is 127. The SMILES string of the molecule is Fc1ccc(-c2c3nc(c(I)c4ccc([nH]4)c(I)c4nc(c(I)c5ccc2s5)C=C4)C=C3)cc1. The third-order valence-electron chi connectivity index (χ3n) is 5.57. The Morgan fingerprint density at radius 2 is 1.15 bits per heavy atom. The minimum Gasteiger partial charge on any atom is -0.354 e. The van der Waals surface area contributed by atoms with Crippen molar-refractivity contribution in [3.63, 3.8) is 0 Å². The number of thiophene rings is 1. The number of rotatable bonds is 1. The number of nitrogens with one attached hydrogen (secondary N) is 1. The van der Waals surface area contributed by atoms with Gasteiger partial charge in [-0.15, -0.1) is 11.3 Å². The molecule has 0 unspecified atom stereocenters. The molecule has 8 heteroatoms. The Balaban J connectivity index is 1.78. The monoisotopic (exact) mass is 799 g/mol. The normalized spacial score (nSPS) is 12.5. The Labute approximate surface area is 239 Å². The minimum atomic E-state index is -0.251. The van der Waals surface area contributed by atoms with E-state index in [0.717, 1.165) is 65.0 Å². The molecule has 2 aliphatic heterocycles. The fraction of sp³-hybridized carbons (Fsp3) is 0. The maximum absolute atomic E-state index is 13.7. The molecular weight excluding hydrogens is 786 g/mol. The molecule has 1 aromatic carbocycles. The van der Waals surface area contributed by atoms with Crippen molar-refractivity contribution in [1.29, 1.82) is 0 Å². The molecule has 5 heterocycles. The van der Waals surface area contributed by atoms with Gasteiger partial charge in [0.2, 0.25) is 0 Å². The molecular formula is C26H13FI3N3S. The summed E-state index contributed by atoms with van der Waals surface area (Å²) in [4.78, 5) is 13.4. The molecule has 0 saturated heterocycles. The van der Waals surface area contributed by atoms with Gasteiger partial charge in [-0.05, 0) is 134 Å². The van der Waals surface area contributed by atoms with E-state index in [1.54, 1.807) is 11.3 Å². The van der Waals surface area contributed by atoms with Crippen LogP contribution in [0.25, 0.3) is 55.9 Å². The molecule has 0 atom stereocenters. The van der Waals surface area contributed by atoms with Crippen LogP contribution < -0.4 is 0 Å². The molecule has 0 fully saturated rings. The van der Waals surface area contributed by atoms with Gasteiger partial charge in [0.1, 0.15) is 5.82 Å². The van der Waals surface area contributed by atoms with Gasteiger partial charge < -0.3 is 4.98 Å². The predicted molar refractivity (Wildman–Crippen MR) is 166 cm³/mol. The van der Waals surface area contributed by atoms with Gasteiger partial charge in [0, 0.05) is 15.0 Å². The summed E-state index contributed by atoms with van der Waals surface area (Å²) in [5.41, 5.74) is 7.64. The first-order valence-corrected chi connectivity index (χ1v) is 14.3. The lowest BCUT2D eigenvalue weighted by Crippen LogP contribution is -1.86. The number of aromatic amines is 1. The fourth-order valence-corrected chi connectivity index (χ4v) is 6.98. The largest absolute Gasteiger partial charge is 0.354 e. The molecule has 0 radical (unpaired) electrons. The van der Waals surface area contributed by atoms with E-state index < -0.39 is 0 Å². The van der Waals surface area contributed by atoms with E-state index >= 15 is 0 Å². The summed E-state index contributed by atoms with van der Waals surface area (Å²) in [6.07, 6.45) is 8.23. The summed E-state index contributed by atoms with van der Waals surface area (Å²) in [5.74, 6) is -0.251. The molecule has 4 aromatic rings. The van der Waals surface area contributed by atoms with Gasteiger partial charge in [0.05, 0.1) is 44.5 Å². The molecule has 0 spiro atoms. The summed E-state index contributed by atoms with van der Waals surface area (Å²) in [7, 11) is 0. The van der Waals surface area contributed by atoms with Gasteiger partial charge in [-0.3, -0.25) is 0 Å². The Kier molecular flexibility index (Phi) is 6.10. The quantitative estimate of drug-likeness (QED) is 0.169. The van der Waals surface area contributed by atoms with E-state index in [4.69, 9.17) is 9.97 Å². The Morgan fingerprint density at radius 3 is 1.79 bits per heavy atom. The highest BCUT2D eigenvalue weighted by molar-refractivity contribution is 14.1. The average Bonchev–Trinajstić information content (AvgIpc) is 3.65. The number of nitrogens with zero attached hydrogens (tertiary/aromatic N) is 2. The van der Waals surface area contributed by atoms with Crippen LogP contribution >= 0.6 is 79.1 Å². The van der Waals surface area contributed by atoms with Gasteiger partial charge in [0.15, 0.2) is 0 Å². The zero-order valence-corrected chi connectivity index (χ0v) is 24.5. The van der Waals surface area contributed by atoms with Crippen LogP contribution in [0.15, 0.2) is 48.5 Å². The Hall–Kier alpha value is -1.64. The van der Waals surface area contributed by atoms with Crippen LogP contribution in [-0.2, 0) is 0 Å². The molecule has 8 bridgehead atoms. The molecule has 1 N–H and O–H groups in total. The van der Waals surface area contributed by atoms with E-state index in [0.29, 0.717) is 0 Å². The lowest BCUT2D eigenvalue weighted by molar-refractivity contribution is 0.628. The van der Waals surface area contributed by atoms with Crippen molar-refractivity contribution in [2.75, 3.05) is 0 Å². The third-order valence-corrected chi connectivity index (χ3v) is 10.5. The Morgan fingerprint density at radius 1 is 0.618 bits per heavy atom. The lowest BCUT2D eigenvalue weighted by atomic mass is 10.0. The van der Waals surface area contributed by atoms with Gasteiger partial charge in [-0.2, -0.15) is 0 Å². The highest BCUT2D eigenvalue weighted by Crippen LogP contribution is 2.36. The van der Waals surface area contributed by atoms with Crippen molar-refractivity contribution in [3.8, 4) is 11.1 Å². The van der Waals surface area contributed by atoms with Crippen LogP contribution in [-0.4, -0.2) is 15.0 Å². The van der Waals surface area contributed by atoms with Crippen molar-refractivity contribution < 1.29 is 4.39 Å². The van der Waals surface area contributed by atoms with Gasteiger partial charge in [-0.25, -0.2) is 14.4 Å². The average molecular weight is 799 g/mol. The lowest BCUT2D eigenvalue weighted by Gasteiger charge is -2.03. The summed E-state index contributed by atoms with van der Waals surface area (Å²) in [5, 5.41) is 0. The van der Waals surface area contributed by atoms with E-state index in [1.807, 2.05) is 24.3 Å². The zero-order chi connectivity index (χ0) is 23.4. The topological polar surface area (TPSA) is 41.6 Å². The van der Waals surface area contributed by atoms with Gasteiger partial charge >= 0.3 is 0 Å².